The summed E-state index contributed by atoms with van der Waals surface area (Å²) >= 11 is 6.34. The lowest BCUT2D eigenvalue weighted by molar-refractivity contribution is 0.0710. The molecule has 0 bridgehead atoms. The lowest BCUT2D eigenvalue weighted by Gasteiger charge is -2.31. The summed E-state index contributed by atoms with van der Waals surface area (Å²) in [6.07, 6.45) is 5.14. The van der Waals surface area contributed by atoms with E-state index in [-0.39, 0.29) is 11.8 Å². The van der Waals surface area contributed by atoms with E-state index in [1.807, 2.05) is 40.6 Å². The highest BCUT2D eigenvalue weighted by Crippen LogP contribution is 2.35. The number of hydrogen-bond donors (Lipinski definition) is 2. The van der Waals surface area contributed by atoms with E-state index in [1.54, 1.807) is 13.2 Å². The molecule has 1 aromatic carbocycles. The van der Waals surface area contributed by atoms with E-state index in [0.717, 1.165) is 46.5 Å². The third kappa shape index (κ3) is 3.41. The Morgan fingerprint density at radius 3 is 2.83 bits per heavy atom. The lowest BCUT2D eigenvalue weighted by atomic mass is 9.95. The number of fused-ring (bicyclic) bond motifs is 2. The van der Waals surface area contributed by atoms with Gasteiger partial charge in [-0.1, -0.05) is 23.7 Å². The number of carbonyl (C=O) groups is 1. The fraction of sp³-hybridized carbons (Fsp3) is 0.280. The molecule has 0 spiro atoms. The van der Waals surface area contributed by atoms with Crippen molar-refractivity contribution in [3.05, 3.63) is 65.0 Å². The number of halogens is 1. The van der Waals surface area contributed by atoms with E-state index < -0.39 is 0 Å². The Hall–Kier alpha value is -4.03. The van der Waals surface area contributed by atoms with Gasteiger partial charge in [-0.05, 0) is 38.0 Å². The van der Waals surface area contributed by atoms with Crippen molar-refractivity contribution < 1.29 is 4.79 Å². The molecule has 1 aliphatic rings. The molecule has 5 heterocycles. The topological polar surface area (TPSA) is 110 Å². The number of nitrogens with one attached hydrogen (secondary N) is 1. The van der Waals surface area contributed by atoms with Crippen LogP contribution in [0.1, 0.15) is 40.6 Å². The molecule has 4 aromatic heterocycles. The second-order valence-corrected chi connectivity index (χ2v) is 9.26. The molecule has 35 heavy (non-hydrogen) atoms. The SMILES string of the molecule is Cc1nn(C)c(Cl)c1C(=O)N1CCC(c2nc(-c3cc4c#cccc4[nH]3)c3c(N)nccn23)CC1. The number of hydrogen-bond acceptors (Lipinski definition) is 5. The molecule has 0 unspecified atom stereocenters. The van der Waals surface area contributed by atoms with E-state index in [4.69, 9.17) is 22.3 Å². The number of imidazole rings is 1. The number of nitrogens with zero attached hydrogens (tertiary/aromatic N) is 6. The van der Waals surface area contributed by atoms with Gasteiger partial charge >= 0.3 is 0 Å². The van der Waals surface area contributed by atoms with Crippen molar-refractivity contribution in [3.8, 4) is 11.4 Å². The van der Waals surface area contributed by atoms with Crippen molar-refractivity contribution in [2.75, 3.05) is 18.8 Å². The van der Waals surface area contributed by atoms with Crippen LogP contribution in [0.4, 0.5) is 5.82 Å². The van der Waals surface area contributed by atoms with E-state index in [2.05, 4.69) is 27.2 Å². The number of amides is 1. The molecule has 176 valence electrons. The number of anilines is 1. The van der Waals surface area contributed by atoms with Crippen molar-refractivity contribution in [3.63, 3.8) is 0 Å². The van der Waals surface area contributed by atoms with Gasteiger partial charge in [0, 0.05) is 38.4 Å². The number of aromatic amines is 1. The van der Waals surface area contributed by atoms with Gasteiger partial charge in [-0.3, -0.25) is 13.9 Å². The monoisotopic (exact) mass is 486 g/mol. The van der Waals surface area contributed by atoms with Gasteiger partial charge in [0.25, 0.3) is 5.91 Å². The third-order valence-corrected chi connectivity index (χ3v) is 7.20. The normalized spacial score (nSPS) is 14.7. The van der Waals surface area contributed by atoms with Crippen LogP contribution < -0.4 is 5.73 Å². The first-order valence-corrected chi connectivity index (χ1v) is 11.8. The standard InChI is InChI=1S/C25H23ClN8O/c1-14-19(22(26)32(2)31-14)25(35)33-10-7-15(8-11-33)24-30-20(21-23(27)28-9-12-34(21)24)18-13-16-5-3-4-6-17(16)29-18/h4,6,9,12-13,15,29H,7-8,10-11H2,1-2H3,(H2,27,28). The fourth-order valence-electron chi connectivity index (χ4n) is 5.01. The van der Waals surface area contributed by atoms with E-state index >= 15 is 0 Å². The van der Waals surface area contributed by atoms with Crippen molar-refractivity contribution in [1.82, 2.24) is 34.0 Å². The average Bonchev–Trinajstić information content (AvgIpc) is 3.53. The summed E-state index contributed by atoms with van der Waals surface area (Å²) in [4.78, 5) is 27.8. The maximum atomic E-state index is 13.2. The Balaban J connectivity index is 1.32. The summed E-state index contributed by atoms with van der Waals surface area (Å²) in [6.45, 7) is 3.02. The maximum Gasteiger partial charge on any atom is 0.258 e. The zero-order chi connectivity index (χ0) is 24.3. The Labute approximate surface area is 206 Å². The maximum absolute atomic E-state index is 13.2. The average molecular weight is 487 g/mol. The number of nitrogens with two attached hydrogens (primary N) is 1. The molecular weight excluding hydrogens is 464 g/mol. The fourth-order valence-corrected chi connectivity index (χ4v) is 5.27. The lowest BCUT2D eigenvalue weighted by Crippen LogP contribution is -2.38. The Morgan fingerprint density at radius 2 is 2.11 bits per heavy atom. The first-order valence-electron chi connectivity index (χ1n) is 11.4. The molecule has 10 heteroatoms. The van der Waals surface area contributed by atoms with Crippen molar-refractivity contribution in [1.29, 1.82) is 0 Å². The zero-order valence-electron chi connectivity index (χ0n) is 19.3. The molecule has 3 N–H and O–H groups in total. The first-order chi connectivity index (χ1) is 16.9. The van der Waals surface area contributed by atoms with Crippen LogP contribution in [0, 0.1) is 19.1 Å². The predicted octanol–water partition coefficient (Wildman–Crippen LogP) is 3.78. The summed E-state index contributed by atoms with van der Waals surface area (Å²) in [6, 6.07) is 11.9. The van der Waals surface area contributed by atoms with E-state index in [9.17, 15) is 4.79 Å². The van der Waals surface area contributed by atoms with Gasteiger partial charge in [-0.15, -0.1) is 0 Å². The second-order valence-electron chi connectivity index (χ2n) is 8.90. The first kappa shape index (κ1) is 21.5. The molecule has 0 saturated carbocycles. The van der Waals surface area contributed by atoms with Gasteiger partial charge in [-0.25, -0.2) is 9.97 Å². The van der Waals surface area contributed by atoms with Gasteiger partial charge < -0.3 is 15.6 Å². The smallest absolute Gasteiger partial charge is 0.258 e. The Kier molecular flexibility index (Phi) is 4.93. The van der Waals surface area contributed by atoms with E-state index in [1.165, 1.54) is 4.68 Å². The number of aromatic nitrogens is 6. The highest BCUT2D eigenvalue weighted by Gasteiger charge is 2.31. The molecule has 0 atom stereocenters. The summed E-state index contributed by atoms with van der Waals surface area (Å²) in [7, 11) is 1.74. The zero-order valence-corrected chi connectivity index (χ0v) is 20.1. The summed E-state index contributed by atoms with van der Waals surface area (Å²) in [5.41, 5.74) is 10.8. The van der Waals surface area contributed by atoms with Crippen molar-refractivity contribution in [2.45, 2.75) is 25.7 Å². The van der Waals surface area contributed by atoms with Gasteiger partial charge in [0.1, 0.15) is 28.0 Å². The van der Waals surface area contributed by atoms with Crippen LogP contribution in [0.3, 0.4) is 0 Å². The molecule has 9 nitrogen and oxygen atoms in total. The summed E-state index contributed by atoms with van der Waals surface area (Å²) in [5.74, 6) is 1.43. The van der Waals surface area contributed by atoms with Crippen LogP contribution in [0.5, 0.6) is 0 Å². The van der Waals surface area contributed by atoms with Crippen LogP contribution in [0.15, 0.2) is 30.6 Å². The minimum absolute atomic E-state index is 0.0766. The number of piperidine rings is 1. The molecular formula is C25H23ClN8O. The van der Waals surface area contributed by atoms with Crippen LogP contribution >= 0.6 is 11.6 Å². The molecule has 1 amide bonds. The molecule has 1 saturated heterocycles. The number of rotatable bonds is 3. The quantitative estimate of drug-likeness (QED) is 0.403. The minimum Gasteiger partial charge on any atom is -0.382 e. The number of carbonyl (C=O) groups excluding carboxylic acids is 1. The second kappa shape index (κ2) is 8.03. The molecule has 1 aliphatic heterocycles. The van der Waals surface area contributed by atoms with Crippen molar-refractivity contribution >= 4 is 39.7 Å². The number of aryl methyl sites for hydroxylation is 2. The van der Waals surface area contributed by atoms with Crippen LogP contribution in [0.2, 0.25) is 5.15 Å². The Bertz CT molecular complexity index is 1560. The highest BCUT2D eigenvalue weighted by atomic mass is 35.5. The summed E-state index contributed by atoms with van der Waals surface area (Å²) in [5, 5.41) is 5.58. The van der Waals surface area contributed by atoms with Crippen LogP contribution in [-0.4, -0.2) is 53.0 Å². The third-order valence-electron chi connectivity index (χ3n) is 6.77. The summed E-state index contributed by atoms with van der Waals surface area (Å²) < 4.78 is 3.57. The molecule has 0 radical (unpaired) electrons. The molecule has 0 aliphatic carbocycles. The van der Waals surface area contributed by atoms with Crippen LogP contribution in [-0.2, 0) is 7.05 Å². The Morgan fingerprint density at radius 1 is 1.31 bits per heavy atom. The predicted molar refractivity (Wildman–Crippen MR) is 133 cm³/mol. The minimum atomic E-state index is -0.0766. The van der Waals surface area contributed by atoms with Crippen molar-refractivity contribution in [2.24, 2.45) is 7.05 Å². The van der Waals surface area contributed by atoms with Crippen LogP contribution in [0.25, 0.3) is 27.8 Å². The highest BCUT2D eigenvalue weighted by molar-refractivity contribution is 6.33. The van der Waals surface area contributed by atoms with E-state index in [0.29, 0.717) is 35.3 Å². The van der Waals surface area contributed by atoms with Gasteiger partial charge in [0.15, 0.2) is 0 Å². The number of likely N-dealkylation sites (tertiary alicyclic amines) is 1. The van der Waals surface area contributed by atoms with Gasteiger partial charge in [-0.2, -0.15) is 5.10 Å². The molecule has 6 rings (SSSR count). The molecule has 5 aromatic rings. The molecule has 1 fully saturated rings. The number of nitrogen functional groups attached to an aromatic ring is 1. The van der Waals surface area contributed by atoms with Gasteiger partial charge in [0.2, 0.25) is 0 Å². The largest absolute Gasteiger partial charge is 0.382 e. The van der Waals surface area contributed by atoms with Gasteiger partial charge in [0.05, 0.1) is 27.9 Å². The number of H-pyrrole nitrogens is 1.